The molecule has 0 aromatic carbocycles. The van der Waals surface area contributed by atoms with Gasteiger partial charge in [0.15, 0.2) is 10.8 Å². The maximum atomic E-state index is 12.5. The summed E-state index contributed by atoms with van der Waals surface area (Å²) in [7, 11) is 1.28. The summed E-state index contributed by atoms with van der Waals surface area (Å²) in [4.78, 5) is 46.2. The van der Waals surface area contributed by atoms with Gasteiger partial charge in [0, 0.05) is 11.1 Å². The van der Waals surface area contributed by atoms with Crippen molar-refractivity contribution in [1.29, 1.82) is 0 Å². The van der Waals surface area contributed by atoms with Crippen molar-refractivity contribution in [2.45, 2.75) is 18.3 Å². The Hall–Kier alpha value is -2.60. The summed E-state index contributed by atoms with van der Waals surface area (Å²) in [5, 5.41) is 16.9. The third kappa shape index (κ3) is 3.01. The van der Waals surface area contributed by atoms with E-state index in [0.29, 0.717) is 11.3 Å². The highest BCUT2D eigenvalue weighted by Crippen LogP contribution is 2.40. The van der Waals surface area contributed by atoms with Crippen LogP contribution in [0.15, 0.2) is 21.8 Å². The summed E-state index contributed by atoms with van der Waals surface area (Å²) in [5.41, 5.74) is 6.27. The lowest BCUT2D eigenvalue weighted by atomic mass is 10.0. The standard InChI is InChI=1S/C14H15N5O5S2/c1-5-3-25-12-8(11(21)19(12)9(5)13(22)23)17-10(20)7(18-24-2)6-4-26-14(15)16-6/h4,8,12H,3H2,1-2H3,(H2,15,16)(H,17,20)(H,22,23). The monoisotopic (exact) mass is 397 g/mol. The molecule has 0 bridgehead atoms. The van der Waals surface area contributed by atoms with Crippen molar-refractivity contribution in [1.82, 2.24) is 15.2 Å². The van der Waals surface area contributed by atoms with Crippen LogP contribution in [-0.2, 0) is 19.2 Å². The second kappa shape index (κ2) is 6.96. The van der Waals surface area contributed by atoms with Gasteiger partial charge in [-0.05, 0) is 12.5 Å². The van der Waals surface area contributed by atoms with Gasteiger partial charge in [-0.3, -0.25) is 14.5 Å². The van der Waals surface area contributed by atoms with E-state index in [2.05, 4.69) is 20.3 Å². The third-order valence-corrected chi connectivity index (χ3v) is 5.91. The summed E-state index contributed by atoms with van der Waals surface area (Å²) in [6.45, 7) is 1.67. The molecule has 138 valence electrons. The molecule has 4 N–H and O–H groups in total. The lowest BCUT2D eigenvalue weighted by Gasteiger charge is -2.49. The van der Waals surface area contributed by atoms with Crippen molar-refractivity contribution in [3.8, 4) is 0 Å². The Morgan fingerprint density at radius 2 is 2.27 bits per heavy atom. The molecule has 10 nitrogen and oxygen atoms in total. The number of thioether (sulfide) groups is 1. The number of carbonyl (C=O) groups excluding carboxylic acids is 2. The van der Waals surface area contributed by atoms with E-state index in [1.54, 1.807) is 12.3 Å². The van der Waals surface area contributed by atoms with Gasteiger partial charge in [0.25, 0.3) is 11.8 Å². The topological polar surface area (TPSA) is 147 Å². The van der Waals surface area contributed by atoms with Gasteiger partial charge in [-0.25, -0.2) is 9.78 Å². The maximum absolute atomic E-state index is 12.5. The number of β-lactam (4-membered cyclic amide) rings is 1. The van der Waals surface area contributed by atoms with Crippen LogP contribution < -0.4 is 11.1 Å². The molecule has 2 unspecified atom stereocenters. The fourth-order valence-electron chi connectivity index (χ4n) is 2.68. The number of carboxylic acids is 1. The minimum Gasteiger partial charge on any atom is -0.477 e. The number of thiazole rings is 1. The van der Waals surface area contributed by atoms with Crippen molar-refractivity contribution < 1.29 is 24.3 Å². The van der Waals surface area contributed by atoms with Gasteiger partial charge in [0.2, 0.25) is 0 Å². The maximum Gasteiger partial charge on any atom is 0.352 e. The smallest absolute Gasteiger partial charge is 0.352 e. The lowest BCUT2D eigenvalue weighted by molar-refractivity contribution is -0.150. The van der Waals surface area contributed by atoms with Crippen LogP contribution >= 0.6 is 23.1 Å². The second-order valence-electron chi connectivity index (χ2n) is 5.49. The summed E-state index contributed by atoms with van der Waals surface area (Å²) in [6.07, 6.45) is 0. The molecular formula is C14H15N5O5S2. The first-order valence-electron chi connectivity index (χ1n) is 7.36. The molecule has 3 rings (SSSR count). The highest BCUT2D eigenvalue weighted by atomic mass is 32.2. The number of nitrogens with zero attached hydrogens (tertiary/aromatic N) is 3. The van der Waals surface area contributed by atoms with Gasteiger partial charge < -0.3 is 21.0 Å². The molecule has 0 saturated carbocycles. The number of anilines is 1. The van der Waals surface area contributed by atoms with E-state index in [1.807, 2.05) is 0 Å². The average molecular weight is 397 g/mol. The molecule has 26 heavy (non-hydrogen) atoms. The number of aliphatic carboxylic acids is 1. The number of hydrogen-bond donors (Lipinski definition) is 3. The summed E-state index contributed by atoms with van der Waals surface area (Å²) in [5.74, 6) is -1.84. The molecular weight excluding hydrogens is 382 g/mol. The fraction of sp³-hybridized carbons (Fsp3) is 0.357. The predicted molar refractivity (Wildman–Crippen MR) is 95.4 cm³/mol. The number of fused-ring (bicyclic) bond motifs is 1. The zero-order valence-corrected chi connectivity index (χ0v) is 15.4. The number of nitrogens with two attached hydrogens (primary N) is 1. The number of rotatable bonds is 5. The molecule has 2 amide bonds. The molecule has 1 aromatic heterocycles. The van der Waals surface area contributed by atoms with E-state index in [9.17, 15) is 19.5 Å². The fourth-order valence-corrected chi connectivity index (χ4v) is 4.52. The Morgan fingerprint density at radius 3 is 2.85 bits per heavy atom. The van der Waals surface area contributed by atoms with E-state index >= 15 is 0 Å². The van der Waals surface area contributed by atoms with Gasteiger partial charge in [-0.1, -0.05) is 5.16 Å². The van der Waals surface area contributed by atoms with Crippen molar-refractivity contribution in [2.24, 2.45) is 5.16 Å². The van der Waals surface area contributed by atoms with E-state index in [4.69, 9.17) is 5.73 Å². The van der Waals surface area contributed by atoms with E-state index in [-0.39, 0.29) is 22.2 Å². The summed E-state index contributed by atoms with van der Waals surface area (Å²) in [6, 6.07) is -0.854. The normalized spacial score (nSPS) is 22.6. The minimum absolute atomic E-state index is 0.0256. The largest absolute Gasteiger partial charge is 0.477 e. The Morgan fingerprint density at radius 1 is 1.54 bits per heavy atom. The number of carboxylic acid groups (broad SMARTS) is 1. The first kappa shape index (κ1) is 18.2. The molecule has 1 fully saturated rings. The predicted octanol–water partition coefficient (Wildman–Crippen LogP) is -0.166. The zero-order chi connectivity index (χ0) is 19.0. The van der Waals surface area contributed by atoms with Gasteiger partial charge in [-0.15, -0.1) is 23.1 Å². The third-order valence-electron chi connectivity index (χ3n) is 3.81. The number of nitrogens with one attached hydrogen (secondary N) is 1. The quantitative estimate of drug-likeness (QED) is 0.353. The van der Waals surface area contributed by atoms with Crippen LogP contribution in [0.3, 0.4) is 0 Å². The highest BCUT2D eigenvalue weighted by molar-refractivity contribution is 8.00. The Balaban J connectivity index is 1.78. The SMILES string of the molecule is CON=C(C(=O)NC1C(=O)N2C(C(=O)O)=C(C)CSC12)c1csc(N)n1. The first-order valence-corrected chi connectivity index (χ1v) is 9.29. The van der Waals surface area contributed by atoms with Crippen LogP contribution in [0.4, 0.5) is 5.13 Å². The van der Waals surface area contributed by atoms with Gasteiger partial charge in [-0.2, -0.15) is 0 Å². The number of aromatic nitrogens is 1. The Bertz CT molecular complexity index is 849. The number of amides is 2. The second-order valence-corrected chi connectivity index (χ2v) is 7.48. The Labute approximate surface area is 156 Å². The molecule has 0 radical (unpaired) electrons. The van der Waals surface area contributed by atoms with Crippen LogP contribution in [0, 0.1) is 0 Å². The van der Waals surface area contributed by atoms with Crippen LogP contribution in [0.1, 0.15) is 12.6 Å². The van der Waals surface area contributed by atoms with Crippen LogP contribution in [0.25, 0.3) is 0 Å². The Kier molecular flexibility index (Phi) is 4.87. The molecule has 2 aliphatic rings. The van der Waals surface area contributed by atoms with Crippen LogP contribution in [0.5, 0.6) is 0 Å². The van der Waals surface area contributed by atoms with Crippen molar-refractivity contribution >= 4 is 51.7 Å². The van der Waals surface area contributed by atoms with E-state index < -0.39 is 29.2 Å². The number of oxime groups is 1. The number of nitrogen functional groups attached to an aromatic ring is 1. The molecule has 3 heterocycles. The first-order chi connectivity index (χ1) is 12.3. The molecule has 1 aromatic rings. The number of hydrogen-bond acceptors (Lipinski definition) is 9. The van der Waals surface area contributed by atoms with Gasteiger partial charge in [0.05, 0.1) is 0 Å². The molecule has 2 aliphatic heterocycles. The zero-order valence-electron chi connectivity index (χ0n) is 13.8. The summed E-state index contributed by atoms with van der Waals surface area (Å²) >= 11 is 2.52. The van der Waals surface area contributed by atoms with E-state index in [0.717, 1.165) is 11.3 Å². The van der Waals surface area contributed by atoms with Crippen molar-refractivity contribution in [2.75, 3.05) is 18.6 Å². The molecule has 2 atom stereocenters. The average Bonchev–Trinajstić information content (AvgIpc) is 3.02. The summed E-state index contributed by atoms with van der Waals surface area (Å²) < 4.78 is 0. The van der Waals surface area contributed by atoms with E-state index in [1.165, 1.54) is 23.8 Å². The van der Waals surface area contributed by atoms with Crippen molar-refractivity contribution in [3.63, 3.8) is 0 Å². The minimum atomic E-state index is -1.16. The van der Waals surface area contributed by atoms with Gasteiger partial charge in [0.1, 0.15) is 29.9 Å². The van der Waals surface area contributed by atoms with Crippen LogP contribution in [0.2, 0.25) is 0 Å². The molecule has 0 aliphatic carbocycles. The molecule has 1 saturated heterocycles. The lowest BCUT2D eigenvalue weighted by Crippen LogP contribution is -2.71. The molecule has 0 spiro atoms. The van der Waals surface area contributed by atoms with Crippen LogP contribution in [-0.4, -0.2) is 62.8 Å². The molecule has 12 heteroatoms. The number of carbonyl (C=O) groups is 3. The highest BCUT2D eigenvalue weighted by Gasteiger charge is 2.54. The van der Waals surface area contributed by atoms with Crippen molar-refractivity contribution in [3.05, 3.63) is 22.3 Å². The van der Waals surface area contributed by atoms with Gasteiger partial charge >= 0.3 is 5.97 Å².